The van der Waals surface area contributed by atoms with Crippen molar-refractivity contribution in [1.29, 1.82) is 0 Å². The fourth-order valence-electron chi connectivity index (χ4n) is 0.707. The van der Waals surface area contributed by atoms with Gasteiger partial charge in [0, 0.05) is 0 Å². The summed E-state index contributed by atoms with van der Waals surface area (Å²) in [4.78, 5) is 0. The van der Waals surface area contributed by atoms with Gasteiger partial charge in [-0.1, -0.05) is 66.2 Å². The van der Waals surface area contributed by atoms with E-state index in [9.17, 15) is 0 Å². The van der Waals surface area contributed by atoms with E-state index in [0.717, 1.165) is 0 Å². The zero-order valence-corrected chi connectivity index (χ0v) is 8.24. The van der Waals surface area contributed by atoms with Crippen LogP contribution in [0.3, 0.4) is 0 Å². The van der Waals surface area contributed by atoms with Crippen LogP contribution in [0.5, 0.6) is 0 Å². The summed E-state index contributed by atoms with van der Waals surface area (Å²) in [5.74, 6) is 0. The normalized spacial score (nSPS) is 8.40. The van der Waals surface area contributed by atoms with Crippen LogP contribution in [0.15, 0.2) is 0 Å². The van der Waals surface area contributed by atoms with Crippen molar-refractivity contribution in [2.45, 2.75) is 66.2 Å². The summed E-state index contributed by atoms with van der Waals surface area (Å²) < 4.78 is 0. The minimum atomic E-state index is 1.34. The largest absolute Gasteiger partial charge is 0.0654 e. The highest BCUT2D eigenvalue weighted by Crippen LogP contribution is 1.88. The van der Waals surface area contributed by atoms with E-state index >= 15 is 0 Å². The Hall–Kier alpha value is 0. The van der Waals surface area contributed by atoms with E-state index in [1.165, 1.54) is 38.5 Å². The molecule has 0 fully saturated rings. The molecule has 0 heterocycles. The summed E-state index contributed by atoms with van der Waals surface area (Å²) in [6, 6.07) is 0. The van der Waals surface area contributed by atoms with Gasteiger partial charge in [-0.15, -0.1) is 0 Å². The Kier molecular flexibility index (Phi) is 20.2. The lowest BCUT2D eigenvalue weighted by atomic mass is 10.3. The van der Waals surface area contributed by atoms with Crippen LogP contribution >= 0.6 is 0 Å². The lowest BCUT2D eigenvalue weighted by Gasteiger charge is -1.79. The molecule has 0 N–H and O–H groups in total. The van der Waals surface area contributed by atoms with Crippen molar-refractivity contribution in [3.05, 3.63) is 0 Å². The third-order valence-electron chi connectivity index (χ3n) is 1.41. The van der Waals surface area contributed by atoms with Crippen molar-refractivity contribution in [2.75, 3.05) is 0 Å². The Bertz CT molecular complexity index is 21.0. The van der Waals surface area contributed by atoms with Crippen molar-refractivity contribution in [3.8, 4) is 0 Å². The average Bonchev–Trinajstić information content (AvgIpc) is 1.93. The van der Waals surface area contributed by atoms with E-state index in [4.69, 9.17) is 0 Å². The first-order valence-electron chi connectivity index (χ1n) is 4.83. The fraction of sp³-hybridized carbons (Fsp3) is 1.00. The molecule has 0 saturated carbocycles. The molecule has 0 heteroatoms. The Morgan fingerprint density at radius 1 is 0.500 bits per heavy atom. The maximum atomic E-state index is 2.21. The number of unbranched alkanes of at least 4 members (excludes halogenated alkanes) is 4. The first kappa shape index (κ1) is 12.7. The van der Waals surface area contributed by atoms with Crippen LogP contribution in [0.25, 0.3) is 0 Å². The number of hydrogen-bond acceptors (Lipinski definition) is 0. The molecule has 0 atom stereocenters. The van der Waals surface area contributed by atoms with Gasteiger partial charge in [0.2, 0.25) is 0 Å². The maximum absolute atomic E-state index is 2.21. The predicted molar refractivity (Wildman–Crippen MR) is 50.4 cm³/mol. The van der Waals surface area contributed by atoms with E-state index in [2.05, 4.69) is 27.7 Å². The molecule has 0 aromatic heterocycles. The smallest absolute Gasteiger partial charge is 0.0538 e. The fourth-order valence-corrected chi connectivity index (χ4v) is 0.707. The molecular formula is C10H24. The second-order valence-electron chi connectivity index (χ2n) is 2.71. The van der Waals surface area contributed by atoms with E-state index in [1.807, 2.05) is 0 Å². The molecule has 0 unspecified atom stereocenters. The minimum absolute atomic E-state index is 1.34. The average molecular weight is 144 g/mol. The van der Waals surface area contributed by atoms with Crippen LogP contribution in [-0.4, -0.2) is 0 Å². The Balaban J connectivity index is 0. The molecule has 0 aliphatic rings. The molecule has 0 aliphatic heterocycles. The van der Waals surface area contributed by atoms with E-state index in [0.29, 0.717) is 0 Å². The maximum Gasteiger partial charge on any atom is -0.0538 e. The van der Waals surface area contributed by atoms with Crippen molar-refractivity contribution in [1.82, 2.24) is 0 Å². The van der Waals surface area contributed by atoms with Crippen LogP contribution in [0, 0.1) is 0 Å². The van der Waals surface area contributed by atoms with Crippen LogP contribution in [0.4, 0.5) is 0 Å². The summed E-state index contributed by atoms with van der Waals surface area (Å²) in [6.07, 6.45) is 8.15. The van der Waals surface area contributed by atoms with Crippen molar-refractivity contribution in [3.63, 3.8) is 0 Å². The quantitative estimate of drug-likeness (QED) is 0.549. The second-order valence-corrected chi connectivity index (χ2v) is 2.71. The van der Waals surface area contributed by atoms with Gasteiger partial charge in [-0.2, -0.15) is 0 Å². The molecule has 0 aromatic carbocycles. The topological polar surface area (TPSA) is 0 Å². The lowest BCUT2D eigenvalue weighted by Crippen LogP contribution is -1.59. The van der Waals surface area contributed by atoms with Gasteiger partial charge >= 0.3 is 0 Å². The molecule has 10 heavy (non-hydrogen) atoms. The molecule has 0 saturated heterocycles. The Labute approximate surface area is 67.0 Å². The summed E-state index contributed by atoms with van der Waals surface area (Å²) in [5.41, 5.74) is 0. The van der Waals surface area contributed by atoms with Gasteiger partial charge in [0.05, 0.1) is 0 Å². The summed E-state index contributed by atoms with van der Waals surface area (Å²) in [6.45, 7) is 8.85. The van der Waals surface area contributed by atoms with Crippen LogP contribution < -0.4 is 0 Å². The molecule has 0 amide bonds. The van der Waals surface area contributed by atoms with Gasteiger partial charge < -0.3 is 0 Å². The predicted octanol–water partition coefficient (Wildman–Crippen LogP) is 4.39. The van der Waals surface area contributed by atoms with Gasteiger partial charge in [-0.05, 0) is 0 Å². The van der Waals surface area contributed by atoms with Crippen molar-refractivity contribution in [2.24, 2.45) is 0 Å². The Morgan fingerprint density at radius 2 is 0.700 bits per heavy atom. The molecule has 0 aliphatic carbocycles. The van der Waals surface area contributed by atoms with Gasteiger partial charge in [-0.3, -0.25) is 0 Å². The monoisotopic (exact) mass is 144 g/mol. The van der Waals surface area contributed by atoms with Crippen LogP contribution in [0.2, 0.25) is 0 Å². The highest BCUT2D eigenvalue weighted by Gasteiger charge is 1.68. The Morgan fingerprint density at radius 3 is 0.700 bits per heavy atom. The summed E-state index contributed by atoms with van der Waals surface area (Å²) in [5, 5.41) is 0. The SMILES string of the molecule is CCCCC.CCCCC. The zero-order valence-electron chi connectivity index (χ0n) is 8.24. The zero-order chi connectivity index (χ0) is 8.24. The van der Waals surface area contributed by atoms with Gasteiger partial charge in [0.15, 0.2) is 0 Å². The minimum Gasteiger partial charge on any atom is -0.0654 e. The van der Waals surface area contributed by atoms with Crippen molar-refractivity contribution < 1.29 is 0 Å². The molecule has 0 spiro atoms. The number of hydrogen-bond donors (Lipinski definition) is 0. The molecule has 0 bridgehead atoms. The molecule has 0 aromatic rings. The first-order valence-corrected chi connectivity index (χ1v) is 4.83. The summed E-state index contributed by atoms with van der Waals surface area (Å²) in [7, 11) is 0. The van der Waals surface area contributed by atoms with Gasteiger partial charge in [0.25, 0.3) is 0 Å². The molecule has 0 radical (unpaired) electrons. The van der Waals surface area contributed by atoms with E-state index in [1.54, 1.807) is 0 Å². The molecule has 0 rings (SSSR count). The molecular weight excluding hydrogens is 120 g/mol. The molecule has 0 nitrogen and oxygen atoms in total. The van der Waals surface area contributed by atoms with Gasteiger partial charge in [0.1, 0.15) is 0 Å². The highest BCUT2D eigenvalue weighted by molar-refractivity contribution is 4.24. The third kappa shape index (κ3) is 24.5. The van der Waals surface area contributed by atoms with Crippen molar-refractivity contribution >= 4 is 0 Å². The van der Waals surface area contributed by atoms with Crippen LogP contribution in [0.1, 0.15) is 66.2 Å². The van der Waals surface area contributed by atoms with E-state index < -0.39 is 0 Å². The highest BCUT2D eigenvalue weighted by atomic mass is 13.7. The van der Waals surface area contributed by atoms with Crippen LogP contribution in [-0.2, 0) is 0 Å². The molecule has 64 valence electrons. The first-order chi connectivity index (χ1) is 4.83. The number of rotatable bonds is 4. The van der Waals surface area contributed by atoms with Gasteiger partial charge in [-0.25, -0.2) is 0 Å². The third-order valence-corrected chi connectivity index (χ3v) is 1.41. The lowest BCUT2D eigenvalue weighted by molar-refractivity contribution is 0.772. The summed E-state index contributed by atoms with van der Waals surface area (Å²) >= 11 is 0. The standard InChI is InChI=1S/2C5H12/c2*1-3-5-4-2/h2*3-5H2,1-2H3. The second kappa shape index (κ2) is 16.0. The van der Waals surface area contributed by atoms with E-state index in [-0.39, 0.29) is 0 Å².